The van der Waals surface area contributed by atoms with Crippen LogP contribution in [-0.4, -0.2) is 20.6 Å². The Balaban J connectivity index is 1.76. The number of rotatable bonds is 2. The molecule has 7 nitrogen and oxygen atoms in total. The third-order valence-electron chi connectivity index (χ3n) is 3.85. The molecule has 25 heavy (non-hydrogen) atoms. The molecule has 0 aliphatic carbocycles. The number of para-hydroxylation sites is 1. The lowest BCUT2D eigenvalue weighted by Crippen LogP contribution is -2.43. The molecule has 3 N–H and O–H groups in total. The van der Waals surface area contributed by atoms with Crippen LogP contribution in [-0.2, 0) is 0 Å². The van der Waals surface area contributed by atoms with E-state index in [2.05, 4.69) is 15.4 Å². The molecule has 0 fully saturated rings. The lowest BCUT2D eigenvalue weighted by molar-refractivity contribution is 0.100. The van der Waals surface area contributed by atoms with Gasteiger partial charge in [-0.25, -0.2) is 4.79 Å². The van der Waals surface area contributed by atoms with Crippen molar-refractivity contribution in [2.45, 2.75) is 0 Å². The van der Waals surface area contributed by atoms with Crippen LogP contribution in [0.15, 0.2) is 58.1 Å². The van der Waals surface area contributed by atoms with Gasteiger partial charge in [0, 0.05) is 15.9 Å². The van der Waals surface area contributed by atoms with Gasteiger partial charge in [-0.15, -0.1) is 0 Å². The van der Waals surface area contributed by atoms with Crippen molar-refractivity contribution in [2.75, 3.05) is 5.43 Å². The van der Waals surface area contributed by atoms with Crippen molar-refractivity contribution >= 4 is 39.3 Å². The second-order valence-corrected chi connectivity index (χ2v) is 5.91. The predicted octanol–water partition coefficient (Wildman–Crippen LogP) is 2.21. The topological polar surface area (TPSA) is 99.8 Å². The zero-order valence-corrected chi connectivity index (χ0v) is 13.4. The molecular weight excluding hydrogens is 344 g/mol. The number of fused-ring (bicyclic) bond motifs is 2. The number of carbonyl (C=O) groups excluding carboxylic acids is 1. The van der Waals surface area contributed by atoms with Crippen molar-refractivity contribution in [1.82, 2.24) is 14.6 Å². The number of halogens is 1. The molecule has 0 unspecified atom stereocenters. The third-order valence-corrected chi connectivity index (χ3v) is 4.08. The number of H-pyrrole nitrogens is 2. The van der Waals surface area contributed by atoms with Crippen LogP contribution < -0.4 is 16.7 Å². The average molecular weight is 355 g/mol. The van der Waals surface area contributed by atoms with Crippen molar-refractivity contribution < 1.29 is 4.79 Å². The summed E-state index contributed by atoms with van der Waals surface area (Å²) >= 11 is 5.93. The molecule has 1 amide bonds. The minimum absolute atomic E-state index is 0.205. The van der Waals surface area contributed by atoms with Crippen LogP contribution in [0.4, 0.5) is 0 Å². The lowest BCUT2D eigenvalue weighted by Gasteiger charge is -2.07. The molecule has 124 valence electrons. The standard InChI is InChI=1S/C17H11ClN4O3/c18-10-5-6-12-9(7-10)8-14(19-12)15(23)21-22-16(24)11-3-1-2-4-13(11)20-17(22)25/h1-8,19H,(H,20,25)(H,21,23). The zero-order chi connectivity index (χ0) is 17.6. The van der Waals surface area contributed by atoms with Gasteiger partial charge in [-0.1, -0.05) is 23.7 Å². The Morgan fingerprint density at radius 2 is 1.80 bits per heavy atom. The summed E-state index contributed by atoms with van der Waals surface area (Å²) in [7, 11) is 0. The van der Waals surface area contributed by atoms with Gasteiger partial charge in [0.1, 0.15) is 5.69 Å². The van der Waals surface area contributed by atoms with Crippen LogP contribution in [0, 0.1) is 0 Å². The fourth-order valence-electron chi connectivity index (χ4n) is 2.65. The molecule has 0 aliphatic rings. The van der Waals surface area contributed by atoms with E-state index in [0.29, 0.717) is 26.1 Å². The molecule has 0 bridgehead atoms. The summed E-state index contributed by atoms with van der Waals surface area (Å²) < 4.78 is 0.656. The number of hydrogen-bond acceptors (Lipinski definition) is 3. The van der Waals surface area contributed by atoms with Gasteiger partial charge in [0.25, 0.3) is 11.5 Å². The van der Waals surface area contributed by atoms with Gasteiger partial charge < -0.3 is 9.97 Å². The summed E-state index contributed by atoms with van der Waals surface area (Å²) in [5.74, 6) is -0.616. The number of nitrogens with zero attached hydrogens (tertiary/aromatic N) is 1. The molecule has 2 aromatic heterocycles. The van der Waals surface area contributed by atoms with E-state index in [1.807, 2.05) is 0 Å². The lowest BCUT2D eigenvalue weighted by atomic mass is 10.2. The summed E-state index contributed by atoms with van der Waals surface area (Å²) in [6.45, 7) is 0. The van der Waals surface area contributed by atoms with Crippen LogP contribution in [0.1, 0.15) is 10.5 Å². The number of amides is 1. The van der Waals surface area contributed by atoms with Crippen LogP contribution in [0.25, 0.3) is 21.8 Å². The Morgan fingerprint density at radius 1 is 1.00 bits per heavy atom. The van der Waals surface area contributed by atoms with Crippen LogP contribution >= 0.6 is 11.6 Å². The second kappa shape index (κ2) is 5.64. The predicted molar refractivity (Wildman–Crippen MR) is 95.8 cm³/mol. The first-order valence-electron chi connectivity index (χ1n) is 7.36. The van der Waals surface area contributed by atoms with Gasteiger partial charge in [0.15, 0.2) is 0 Å². The first-order valence-corrected chi connectivity index (χ1v) is 7.74. The van der Waals surface area contributed by atoms with Crippen molar-refractivity contribution in [1.29, 1.82) is 0 Å². The molecule has 4 aromatic rings. The van der Waals surface area contributed by atoms with E-state index < -0.39 is 17.2 Å². The summed E-state index contributed by atoms with van der Waals surface area (Å²) in [5, 5.41) is 1.59. The minimum atomic E-state index is -0.726. The zero-order valence-electron chi connectivity index (χ0n) is 12.7. The first-order chi connectivity index (χ1) is 12.0. The van der Waals surface area contributed by atoms with Crippen molar-refractivity contribution in [3.05, 3.63) is 80.1 Å². The molecule has 8 heteroatoms. The van der Waals surface area contributed by atoms with Crippen molar-refractivity contribution in [2.24, 2.45) is 0 Å². The molecule has 0 aliphatic heterocycles. The highest BCUT2D eigenvalue weighted by atomic mass is 35.5. The molecule has 0 radical (unpaired) electrons. The smallest absolute Gasteiger partial charge is 0.348 e. The molecule has 4 rings (SSSR count). The summed E-state index contributed by atoms with van der Waals surface area (Å²) in [5.41, 5.74) is 2.32. The van der Waals surface area contributed by atoms with E-state index in [1.54, 1.807) is 48.5 Å². The van der Waals surface area contributed by atoms with Gasteiger partial charge >= 0.3 is 5.69 Å². The number of benzene rings is 2. The van der Waals surface area contributed by atoms with Crippen LogP contribution in [0.3, 0.4) is 0 Å². The molecule has 0 saturated heterocycles. The maximum atomic E-state index is 12.4. The monoisotopic (exact) mass is 354 g/mol. The minimum Gasteiger partial charge on any atom is -0.350 e. The Labute approximate surface area is 144 Å². The fraction of sp³-hybridized carbons (Fsp3) is 0. The quantitative estimate of drug-likeness (QED) is 0.514. The first kappa shape index (κ1) is 15.2. The maximum absolute atomic E-state index is 12.4. The largest absolute Gasteiger partial charge is 0.350 e. The van der Waals surface area contributed by atoms with Crippen molar-refractivity contribution in [3.8, 4) is 0 Å². The Kier molecular flexibility index (Phi) is 3.43. The summed E-state index contributed by atoms with van der Waals surface area (Å²) in [4.78, 5) is 42.4. The highest BCUT2D eigenvalue weighted by molar-refractivity contribution is 6.31. The Bertz CT molecular complexity index is 1250. The van der Waals surface area contributed by atoms with E-state index in [1.165, 1.54) is 0 Å². The highest BCUT2D eigenvalue weighted by Crippen LogP contribution is 2.20. The SMILES string of the molecule is O=C(Nn1c(=O)[nH]c2ccccc2c1=O)c1cc2cc(Cl)ccc2[nH]1. The van der Waals surface area contributed by atoms with Crippen molar-refractivity contribution in [3.63, 3.8) is 0 Å². The Morgan fingerprint density at radius 3 is 2.64 bits per heavy atom. The number of aromatic amines is 2. The van der Waals surface area contributed by atoms with E-state index in [4.69, 9.17) is 11.6 Å². The van der Waals surface area contributed by atoms with Crippen LogP contribution in [0.2, 0.25) is 5.02 Å². The normalized spacial score (nSPS) is 11.1. The molecule has 0 atom stereocenters. The molecule has 0 saturated carbocycles. The van der Waals surface area contributed by atoms with E-state index in [9.17, 15) is 14.4 Å². The molecule has 2 aromatic carbocycles. The number of aromatic nitrogens is 3. The average Bonchev–Trinajstić information content (AvgIpc) is 3.01. The number of hydrogen-bond donors (Lipinski definition) is 3. The van der Waals surface area contributed by atoms with Gasteiger partial charge in [0.05, 0.1) is 10.9 Å². The number of carbonyl (C=O) groups is 1. The fourth-order valence-corrected chi connectivity index (χ4v) is 2.83. The third kappa shape index (κ3) is 2.60. The highest BCUT2D eigenvalue weighted by Gasteiger charge is 2.14. The van der Waals surface area contributed by atoms with Gasteiger partial charge in [-0.2, -0.15) is 4.68 Å². The summed E-state index contributed by atoms with van der Waals surface area (Å²) in [6, 6.07) is 13.3. The number of nitrogens with one attached hydrogen (secondary N) is 3. The molecule has 0 spiro atoms. The van der Waals surface area contributed by atoms with Gasteiger partial charge in [0.2, 0.25) is 0 Å². The second-order valence-electron chi connectivity index (χ2n) is 5.47. The van der Waals surface area contributed by atoms with Gasteiger partial charge in [-0.3, -0.25) is 15.0 Å². The molecule has 2 heterocycles. The van der Waals surface area contributed by atoms with E-state index in [-0.39, 0.29) is 5.69 Å². The maximum Gasteiger partial charge on any atom is 0.348 e. The summed E-state index contributed by atoms with van der Waals surface area (Å²) in [6.07, 6.45) is 0. The molecular formula is C17H11ClN4O3. The Hall–Kier alpha value is -3.32. The van der Waals surface area contributed by atoms with E-state index >= 15 is 0 Å². The van der Waals surface area contributed by atoms with Gasteiger partial charge in [-0.05, 0) is 36.4 Å². The van der Waals surface area contributed by atoms with E-state index in [0.717, 1.165) is 5.39 Å². The van der Waals surface area contributed by atoms with Crippen LogP contribution in [0.5, 0.6) is 0 Å².